The van der Waals surface area contributed by atoms with E-state index in [2.05, 4.69) is 35.2 Å². The molecule has 1 aliphatic carbocycles. The van der Waals surface area contributed by atoms with Gasteiger partial charge in [-0.25, -0.2) is 0 Å². The van der Waals surface area contributed by atoms with Crippen LogP contribution in [0.4, 0.5) is 0 Å². The van der Waals surface area contributed by atoms with Gasteiger partial charge in [0.05, 0.1) is 0 Å². The van der Waals surface area contributed by atoms with Crippen molar-refractivity contribution in [3.8, 4) is 0 Å². The number of carbonyl (C=O) groups is 1. The molecule has 2 fully saturated rings. The Labute approximate surface area is 109 Å². The van der Waals surface area contributed by atoms with Crippen molar-refractivity contribution in [3.05, 3.63) is 35.9 Å². The Bertz CT molecular complexity index is 410. The van der Waals surface area contributed by atoms with Gasteiger partial charge in [-0.15, -0.1) is 0 Å². The number of amides is 1. The molecule has 1 heterocycles. The Balaban J connectivity index is 1.53. The molecule has 1 saturated heterocycles. The molecule has 18 heavy (non-hydrogen) atoms. The van der Waals surface area contributed by atoms with E-state index in [0.717, 1.165) is 32.4 Å². The summed E-state index contributed by atoms with van der Waals surface area (Å²) in [5.74, 6) is 1.45. The molecule has 0 bridgehead atoms. The van der Waals surface area contributed by atoms with Crippen LogP contribution in [-0.2, 0) is 11.2 Å². The number of nitrogens with zero attached hydrogens (tertiary/aromatic N) is 1. The third-order valence-corrected chi connectivity index (χ3v) is 4.42. The summed E-state index contributed by atoms with van der Waals surface area (Å²) >= 11 is 0. The van der Waals surface area contributed by atoms with Crippen molar-refractivity contribution in [1.29, 1.82) is 0 Å². The molecule has 0 radical (unpaired) electrons. The maximum absolute atomic E-state index is 12.2. The second-order valence-corrected chi connectivity index (χ2v) is 5.76. The van der Waals surface area contributed by atoms with Crippen LogP contribution in [0.1, 0.15) is 31.2 Å². The van der Waals surface area contributed by atoms with Crippen LogP contribution in [0.3, 0.4) is 0 Å². The van der Waals surface area contributed by atoms with Gasteiger partial charge >= 0.3 is 0 Å². The lowest BCUT2D eigenvalue weighted by atomic mass is 9.84. The molecule has 1 aliphatic heterocycles. The van der Waals surface area contributed by atoms with E-state index in [-0.39, 0.29) is 0 Å². The van der Waals surface area contributed by atoms with Crippen molar-refractivity contribution in [2.24, 2.45) is 11.8 Å². The van der Waals surface area contributed by atoms with Gasteiger partial charge in [-0.3, -0.25) is 4.79 Å². The van der Waals surface area contributed by atoms with Gasteiger partial charge in [0.25, 0.3) is 0 Å². The van der Waals surface area contributed by atoms with Crippen molar-refractivity contribution in [2.75, 3.05) is 13.1 Å². The molecule has 1 aromatic rings. The third-order valence-electron chi connectivity index (χ3n) is 4.42. The van der Waals surface area contributed by atoms with E-state index in [1.54, 1.807) is 0 Å². The molecule has 96 valence electrons. The Morgan fingerprint density at radius 2 is 1.94 bits per heavy atom. The highest BCUT2D eigenvalue weighted by atomic mass is 16.2. The van der Waals surface area contributed by atoms with E-state index < -0.39 is 0 Å². The van der Waals surface area contributed by atoms with Gasteiger partial charge in [-0.05, 0) is 37.2 Å². The molecule has 1 aromatic carbocycles. The van der Waals surface area contributed by atoms with E-state index in [4.69, 9.17) is 0 Å². The summed E-state index contributed by atoms with van der Waals surface area (Å²) in [6, 6.07) is 10.6. The summed E-state index contributed by atoms with van der Waals surface area (Å²) in [6.07, 6.45) is 5.79. The second kappa shape index (κ2) is 5.13. The summed E-state index contributed by atoms with van der Waals surface area (Å²) in [5.41, 5.74) is 1.40. The molecule has 1 unspecified atom stereocenters. The van der Waals surface area contributed by atoms with Crippen molar-refractivity contribution in [3.63, 3.8) is 0 Å². The molecule has 1 saturated carbocycles. The zero-order chi connectivity index (χ0) is 12.4. The number of hydrogen-bond acceptors (Lipinski definition) is 1. The third kappa shape index (κ3) is 2.43. The Hall–Kier alpha value is -1.31. The number of benzene rings is 1. The SMILES string of the molecule is O=C(C1CCC1)N1CCC(Cc2ccccc2)C1. The summed E-state index contributed by atoms with van der Waals surface area (Å²) in [6.45, 7) is 1.96. The summed E-state index contributed by atoms with van der Waals surface area (Å²) in [5, 5.41) is 0. The van der Waals surface area contributed by atoms with Crippen LogP contribution in [0.2, 0.25) is 0 Å². The monoisotopic (exact) mass is 243 g/mol. The normalized spacial score (nSPS) is 24.0. The minimum Gasteiger partial charge on any atom is -0.342 e. The number of rotatable bonds is 3. The molecule has 2 nitrogen and oxygen atoms in total. The summed E-state index contributed by atoms with van der Waals surface area (Å²) in [7, 11) is 0. The first kappa shape index (κ1) is 11.8. The van der Waals surface area contributed by atoms with Crippen LogP contribution in [0, 0.1) is 11.8 Å². The van der Waals surface area contributed by atoms with Crippen LogP contribution < -0.4 is 0 Å². The average Bonchev–Trinajstić information content (AvgIpc) is 2.76. The van der Waals surface area contributed by atoms with E-state index in [1.165, 1.54) is 18.4 Å². The first-order chi connectivity index (χ1) is 8.83. The lowest BCUT2D eigenvalue weighted by molar-refractivity contribution is -0.137. The van der Waals surface area contributed by atoms with E-state index >= 15 is 0 Å². The Morgan fingerprint density at radius 1 is 1.17 bits per heavy atom. The minimum absolute atomic E-state index is 0.362. The van der Waals surface area contributed by atoms with E-state index in [0.29, 0.717) is 17.7 Å². The molecule has 0 N–H and O–H groups in total. The highest BCUT2D eigenvalue weighted by molar-refractivity contribution is 5.79. The van der Waals surface area contributed by atoms with Crippen LogP contribution in [0.25, 0.3) is 0 Å². The largest absolute Gasteiger partial charge is 0.342 e. The predicted molar refractivity (Wildman–Crippen MR) is 72.2 cm³/mol. The van der Waals surface area contributed by atoms with Crippen LogP contribution >= 0.6 is 0 Å². The van der Waals surface area contributed by atoms with Gasteiger partial charge in [0.1, 0.15) is 0 Å². The Morgan fingerprint density at radius 3 is 2.61 bits per heavy atom. The molecule has 2 heteroatoms. The lowest BCUT2D eigenvalue weighted by Crippen LogP contribution is -2.37. The number of hydrogen-bond donors (Lipinski definition) is 0. The smallest absolute Gasteiger partial charge is 0.225 e. The standard InChI is InChI=1S/C16H21NO/c18-16(15-7-4-8-15)17-10-9-14(12-17)11-13-5-2-1-3-6-13/h1-3,5-6,14-15H,4,7-12H2. The van der Waals surface area contributed by atoms with E-state index in [1.807, 2.05) is 0 Å². The van der Waals surface area contributed by atoms with Crippen molar-refractivity contribution in [2.45, 2.75) is 32.1 Å². The lowest BCUT2D eigenvalue weighted by Gasteiger charge is -2.29. The van der Waals surface area contributed by atoms with Crippen molar-refractivity contribution in [1.82, 2.24) is 4.90 Å². The Kier molecular flexibility index (Phi) is 3.35. The van der Waals surface area contributed by atoms with Gasteiger partial charge in [0.15, 0.2) is 0 Å². The fraction of sp³-hybridized carbons (Fsp3) is 0.562. The maximum Gasteiger partial charge on any atom is 0.225 e. The molecular weight excluding hydrogens is 222 g/mol. The summed E-state index contributed by atoms with van der Waals surface area (Å²) < 4.78 is 0. The number of likely N-dealkylation sites (tertiary alicyclic amines) is 1. The van der Waals surface area contributed by atoms with Gasteiger partial charge in [-0.2, -0.15) is 0 Å². The molecule has 1 amide bonds. The quantitative estimate of drug-likeness (QED) is 0.799. The van der Waals surface area contributed by atoms with Crippen molar-refractivity contribution < 1.29 is 4.79 Å². The zero-order valence-electron chi connectivity index (χ0n) is 10.8. The fourth-order valence-corrected chi connectivity index (χ4v) is 3.06. The van der Waals surface area contributed by atoms with Gasteiger partial charge in [0, 0.05) is 19.0 Å². The average molecular weight is 243 g/mol. The molecule has 0 spiro atoms. The molecule has 1 atom stereocenters. The summed E-state index contributed by atoms with van der Waals surface area (Å²) in [4.78, 5) is 14.3. The highest BCUT2D eigenvalue weighted by Crippen LogP contribution is 2.31. The van der Waals surface area contributed by atoms with Gasteiger partial charge < -0.3 is 4.90 Å². The number of carbonyl (C=O) groups excluding carboxylic acids is 1. The van der Waals surface area contributed by atoms with Crippen LogP contribution in [0.5, 0.6) is 0 Å². The van der Waals surface area contributed by atoms with Gasteiger partial charge in [-0.1, -0.05) is 36.8 Å². The topological polar surface area (TPSA) is 20.3 Å². The molecule has 3 rings (SSSR count). The van der Waals surface area contributed by atoms with Gasteiger partial charge in [0.2, 0.25) is 5.91 Å². The fourth-order valence-electron chi connectivity index (χ4n) is 3.06. The first-order valence-electron chi connectivity index (χ1n) is 7.15. The second-order valence-electron chi connectivity index (χ2n) is 5.76. The zero-order valence-corrected chi connectivity index (χ0v) is 10.8. The molecule has 0 aromatic heterocycles. The maximum atomic E-state index is 12.2. The van der Waals surface area contributed by atoms with Crippen LogP contribution in [-0.4, -0.2) is 23.9 Å². The molecular formula is C16H21NO. The highest BCUT2D eigenvalue weighted by Gasteiger charge is 2.33. The predicted octanol–water partition coefficient (Wildman–Crippen LogP) is 2.88. The minimum atomic E-state index is 0.362. The molecule has 2 aliphatic rings. The van der Waals surface area contributed by atoms with Crippen molar-refractivity contribution >= 4 is 5.91 Å². The van der Waals surface area contributed by atoms with E-state index in [9.17, 15) is 4.79 Å². The van der Waals surface area contributed by atoms with Crippen LogP contribution in [0.15, 0.2) is 30.3 Å². The first-order valence-corrected chi connectivity index (χ1v) is 7.15.